The number of nitrogens with zero attached hydrogens (tertiary/aromatic N) is 2. The summed E-state index contributed by atoms with van der Waals surface area (Å²) in [5.41, 5.74) is 0. The highest BCUT2D eigenvalue weighted by molar-refractivity contribution is 7.15. The molecule has 0 radical (unpaired) electrons. The lowest BCUT2D eigenvalue weighted by Crippen LogP contribution is -2.08. The Balaban J connectivity index is 1.87. The molecule has 1 atom stereocenters. The Labute approximate surface area is 97.7 Å². The maximum Gasteiger partial charge on any atom is 0.268 e. The fraction of sp³-hybridized carbons (Fsp3) is 0.455. The van der Waals surface area contributed by atoms with Gasteiger partial charge in [-0.15, -0.1) is 11.3 Å². The van der Waals surface area contributed by atoms with Crippen LogP contribution >= 0.6 is 11.3 Å². The van der Waals surface area contributed by atoms with E-state index in [1.54, 1.807) is 11.3 Å². The Morgan fingerprint density at radius 3 is 3.12 bits per heavy atom. The highest BCUT2D eigenvalue weighted by atomic mass is 32.1. The van der Waals surface area contributed by atoms with Gasteiger partial charge in [0.25, 0.3) is 5.89 Å². The molecule has 1 saturated heterocycles. The molecule has 0 aliphatic carbocycles. The minimum absolute atomic E-state index is 0.415. The minimum Gasteiger partial charge on any atom is -0.333 e. The maximum atomic E-state index is 5.30. The number of nitrogens with one attached hydrogen (secondary N) is 1. The number of thiophene rings is 1. The predicted octanol–water partition coefficient (Wildman–Crippen LogP) is 2.18. The number of hydrogen-bond acceptors (Lipinski definition) is 5. The SMILES string of the molecule is Cc1ccc(-c2nc(C3CCNC3)no2)s1. The van der Waals surface area contributed by atoms with Crippen LogP contribution in [0, 0.1) is 6.92 Å². The molecule has 0 saturated carbocycles. The topological polar surface area (TPSA) is 51.0 Å². The molecule has 1 N–H and O–H groups in total. The number of hydrogen-bond donors (Lipinski definition) is 1. The van der Waals surface area contributed by atoms with Crippen LogP contribution in [0.4, 0.5) is 0 Å². The molecular weight excluding hydrogens is 222 g/mol. The van der Waals surface area contributed by atoms with Crippen molar-refractivity contribution in [2.24, 2.45) is 0 Å². The molecule has 1 unspecified atom stereocenters. The Kier molecular flexibility index (Phi) is 2.49. The third-order valence-electron chi connectivity index (χ3n) is 2.82. The van der Waals surface area contributed by atoms with E-state index in [-0.39, 0.29) is 0 Å². The van der Waals surface area contributed by atoms with Crippen LogP contribution in [0.2, 0.25) is 0 Å². The first-order valence-electron chi connectivity index (χ1n) is 5.44. The van der Waals surface area contributed by atoms with E-state index in [0.29, 0.717) is 11.8 Å². The molecule has 0 spiro atoms. The minimum atomic E-state index is 0.415. The lowest BCUT2D eigenvalue weighted by molar-refractivity contribution is 0.418. The summed E-state index contributed by atoms with van der Waals surface area (Å²) in [6.07, 6.45) is 1.10. The van der Waals surface area contributed by atoms with E-state index in [9.17, 15) is 0 Å². The van der Waals surface area contributed by atoms with Gasteiger partial charge in [0.05, 0.1) is 4.88 Å². The van der Waals surface area contributed by atoms with Crippen molar-refractivity contribution in [3.8, 4) is 10.8 Å². The molecule has 2 aromatic rings. The zero-order valence-corrected chi connectivity index (χ0v) is 9.88. The van der Waals surface area contributed by atoms with Gasteiger partial charge in [0.2, 0.25) is 0 Å². The van der Waals surface area contributed by atoms with Crippen LogP contribution < -0.4 is 5.32 Å². The van der Waals surface area contributed by atoms with Crippen LogP contribution in [0.3, 0.4) is 0 Å². The molecule has 0 aromatic carbocycles. The van der Waals surface area contributed by atoms with E-state index in [1.807, 2.05) is 6.07 Å². The summed E-state index contributed by atoms with van der Waals surface area (Å²) in [4.78, 5) is 6.79. The molecule has 1 aliphatic rings. The molecule has 1 fully saturated rings. The standard InChI is InChI=1S/C11H13N3OS/c1-7-2-3-9(16-7)11-13-10(14-15-11)8-4-5-12-6-8/h2-3,8,12H,4-6H2,1H3. The summed E-state index contributed by atoms with van der Waals surface area (Å²) >= 11 is 1.68. The van der Waals surface area contributed by atoms with Crippen LogP contribution in [0.25, 0.3) is 10.8 Å². The molecule has 4 nitrogen and oxygen atoms in total. The molecule has 0 amide bonds. The van der Waals surface area contributed by atoms with Gasteiger partial charge in [-0.05, 0) is 32.0 Å². The van der Waals surface area contributed by atoms with Gasteiger partial charge in [0.15, 0.2) is 5.82 Å². The smallest absolute Gasteiger partial charge is 0.268 e. The average molecular weight is 235 g/mol. The van der Waals surface area contributed by atoms with Crippen LogP contribution in [-0.2, 0) is 0 Å². The normalized spacial score (nSPS) is 20.4. The zero-order chi connectivity index (χ0) is 11.0. The predicted molar refractivity (Wildman–Crippen MR) is 62.6 cm³/mol. The Morgan fingerprint density at radius 1 is 1.50 bits per heavy atom. The second kappa shape index (κ2) is 3.99. The molecule has 2 aromatic heterocycles. The molecule has 5 heteroatoms. The van der Waals surface area contributed by atoms with Gasteiger partial charge in [0.1, 0.15) is 0 Å². The van der Waals surface area contributed by atoms with Crippen LogP contribution in [0.15, 0.2) is 16.7 Å². The van der Waals surface area contributed by atoms with Crippen LogP contribution in [0.1, 0.15) is 23.0 Å². The summed E-state index contributed by atoms with van der Waals surface area (Å²) in [6.45, 7) is 4.08. The zero-order valence-electron chi connectivity index (χ0n) is 9.06. The van der Waals surface area contributed by atoms with E-state index < -0.39 is 0 Å². The van der Waals surface area contributed by atoms with Gasteiger partial charge in [0, 0.05) is 17.3 Å². The molecule has 0 bridgehead atoms. The lowest BCUT2D eigenvalue weighted by atomic mass is 10.1. The second-order valence-corrected chi connectivity index (χ2v) is 5.35. The van der Waals surface area contributed by atoms with Gasteiger partial charge < -0.3 is 9.84 Å². The first-order valence-corrected chi connectivity index (χ1v) is 6.26. The summed E-state index contributed by atoms with van der Waals surface area (Å²) in [5, 5.41) is 7.37. The second-order valence-electron chi connectivity index (χ2n) is 4.06. The molecule has 3 rings (SSSR count). The van der Waals surface area contributed by atoms with Gasteiger partial charge in [-0.25, -0.2) is 0 Å². The largest absolute Gasteiger partial charge is 0.333 e. The Hall–Kier alpha value is -1.20. The van der Waals surface area contributed by atoms with Crippen molar-refractivity contribution in [2.75, 3.05) is 13.1 Å². The highest BCUT2D eigenvalue weighted by Gasteiger charge is 2.22. The third-order valence-corrected chi connectivity index (χ3v) is 3.81. The Morgan fingerprint density at radius 2 is 2.44 bits per heavy atom. The van der Waals surface area contributed by atoms with Crippen molar-refractivity contribution in [3.05, 3.63) is 22.8 Å². The fourth-order valence-corrected chi connectivity index (χ4v) is 2.71. The van der Waals surface area contributed by atoms with E-state index >= 15 is 0 Å². The quantitative estimate of drug-likeness (QED) is 0.866. The average Bonchev–Trinajstić information content (AvgIpc) is 2.97. The van der Waals surface area contributed by atoms with E-state index in [1.165, 1.54) is 4.88 Å². The summed E-state index contributed by atoms with van der Waals surface area (Å²) < 4.78 is 5.30. The van der Waals surface area contributed by atoms with Crippen LogP contribution in [-0.4, -0.2) is 23.2 Å². The molecule has 1 aliphatic heterocycles. The van der Waals surface area contributed by atoms with Crippen molar-refractivity contribution >= 4 is 11.3 Å². The van der Waals surface area contributed by atoms with Crippen molar-refractivity contribution < 1.29 is 4.52 Å². The van der Waals surface area contributed by atoms with Gasteiger partial charge in [-0.2, -0.15) is 4.98 Å². The first-order chi connectivity index (χ1) is 7.83. The van der Waals surface area contributed by atoms with Crippen molar-refractivity contribution in [1.82, 2.24) is 15.5 Å². The third kappa shape index (κ3) is 1.76. The molecular formula is C11H13N3OS. The van der Waals surface area contributed by atoms with E-state index in [2.05, 4.69) is 28.4 Å². The molecule has 84 valence electrons. The maximum absolute atomic E-state index is 5.30. The molecule has 3 heterocycles. The first kappa shape index (κ1) is 9.99. The summed E-state index contributed by atoms with van der Waals surface area (Å²) in [5.74, 6) is 1.91. The molecule has 16 heavy (non-hydrogen) atoms. The number of rotatable bonds is 2. The van der Waals surface area contributed by atoms with Crippen molar-refractivity contribution in [3.63, 3.8) is 0 Å². The van der Waals surface area contributed by atoms with Gasteiger partial charge in [-0.3, -0.25) is 0 Å². The number of aryl methyl sites for hydroxylation is 1. The Bertz CT molecular complexity index is 485. The monoisotopic (exact) mass is 235 g/mol. The van der Waals surface area contributed by atoms with Crippen LogP contribution in [0.5, 0.6) is 0 Å². The highest BCUT2D eigenvalue weighted by Crippen LogP contribution is 2.28. The summed E-state index contributed by atoms with van der Waals surface area (Å²) in [6, 6.07) is 4.10. The van der Waals surface area contributed by atoms with E-state index in [0.717, 1.165) is 30.2 Å². The summed E-state index contributed by atoms with van der Waals surface area (Å²) in [7, 11) is 0. The van der Waals surface area contributed by atoms with Gasteiger partial charge in [-0.1, -0.05) is 5.16 Å². The number of aromatic nitrogens is 2. The van der Waals surface area contributed by atoms with Crippen molar-refractivity contribution in [1.29, 1.82) is 0 Å². The lowest BCUT2D eigenvalue weighted by Gasteiger charge is -1.98. The van der Waals surface area contributed by atoms with E-state index in [4.69, 9.17) is 4.52 Å². The fourth-order valence-electron chi connectivity index (χ4n) is 1.93. The van der Waals surface area contributed by atoms with Gasteiger partial charge >= 0.3 is 0 Å². The van der Waals surface area contributed by atoms with Crippen molar-refractivity contribution in [2.45, 2.75) is 19.3 Å².